The van der Waals surface area contributed by atoms with Crippen molar-refractivity contribution in [2.75, 3.05) is 5.88 Å². The van der Waals surface area contributed by atoms with Gasteiger partial charge in [-0.3, -0.25) is 0 Å². The smallest absolute Gasteiger partial charge is 0.141 e. The lowest BCUT2D eigenvalue weighted by Gasteiger charge is -1.95. The molecule has 0 aliphatic heterocycles. The second kappa shape index (κ2) is 4.64. The van der Waals surface area contributed by atoms with E-state index >= 15 is 0 Å². The molecule has 1 nitrogen and oxygen atoms in total. The van der Waals surface area contributed by atoms with Gasteiger partial charge in [0.15, 0.2) is 0 Å². The molecule has 0 aromatic heterocycles. The maximum Gasteiger partial charge on any atom is 0.141 e. The molecule has 1 aromatic rings. The Hall–Kier alpha value is -1.33. The molecule has 0 atom stereocenters. The number of benzene rings is 1. The van der Waals surface area contributed by atoms with Crippen molar-refractivity contribution >= 4 is 17.7 Å². The van der Waals surface area contributed by atoms with Crippen molar-refractivity contribution in [1.82, 2.24) is 0 Å². The minimum absolute atomic E-state index is 0.0584. The molecule has 0 spiro atoms. The molecule has 0 aliphatic carbocycles. The van der Waals surface area contributed by atoms with Crippen LogP contribution in [0.3, 0.4) is 0 Å². The minimum Gasteiger partial charge on any atom is -0.206 e. The summed E-state index contributed by atoms with van der Waals surface area (Å²) in [5.74, 6) is -0.110. The molecule has 0 saturated carbocycles. The van der Waals surface area contributed by atoms with Gasteiger partial charge in [0.25, 0.3) is 0 Å². The van der Waals surface area contributed by atoms with Gasteiger partial charge < -0.3 is 0 Å². The van der Waals surface area contributed by atoms with Crippen LogP contribution in [0.4, 0.5) is 4.39 Å². The summed E-state index contributed by atoms with van der Waals surface area (Å²) in [5, 5.41) is 8.46. The molecule has 66 valence electrons. The zero-order valence-electron chi connectivity index (χ0n) is 6.80. The van der Waals surface area contributed by atoms with E-state index in [4.69, 9.17) is 16.9 Å². The Labute approximate surface area is 81.1 Å². The molecule has 0 N–H and O–H groups in total. The van der Waals surface area contributed by atoms with Crippen LogP contribution in [-0.2, 0) is 0 Å². The first-order chi connectivity index (χ1) is 6.27. The van der Waals surface area contributed by atoms with Gasteiger partial charge in [-0.2, -0.15) is 5.26 Å². The fraction of sp³-hybridized carbons (Fsp3) is 0.100. The maximum atomic E-state index is 13.0. The number of halogens is 2. The predicted molar refractivity (Wildman–Crippen MR) is 50.9 cm³/mol. The van der Waals surface area contributed by atoms with Crippen molar-refractivity contribution < 1.29 is 4.39 Å². The van der Waals surface area contributed by atoms with E-state index in [9.17, 15) is 4.39 Å². The molecule has 0 aliphatic rings. The summed E-state index contributed by atoms with van der Waals surface area (Å²) < 4.78 is 13.0. The van der Waals surface area contributed by atoms with Gasteiger partial charge in [-0.15, -0.1) is 11.6 Å². The highest BCUT2D eigenvalue weighted by Crippen LogP contribution is 2.10. The first-order valence-corrected chi connectivity index (χ1v) is 4.23. The Morgan fingerprint density at radius 2 is 2.31 bits per heavy atom. The monoisotopic (exact) mass is 195 g/mol. The van der Waals surface area contributed by atoms with E-state index in [2.05, 4.69) is 0 Å². The SMILES string of the molecule is N#Cc1ccc(C=CCCl)cc1F. The number of nitriles is 1. The number of hydrogen-bond donors (Lipinski definition) is 0. The van der Waals surface area contributed by atoms with Crippen LogP contribution in [0.25, 0.3) is 6.08 Å². The molecule has 0 radical (unpaired) electrons. The van der Waals surface area contributed by atoms with Crippen molar-refractivity contribution in [3.8, 4) is 6.07 Å². The highest BCUT2D eigenvalue weighted by atomic mass is 35.5. The number of rotatable bonds is 2. The molecule has 0 unspecified atom stereocenters. The van der Waals surface area contributed by atoms with Crippen LogP contribution >= 0.6 is 11.6 Å². The zero-order valence-corrected chi connectivity index (χ0v) is 7.55. The average Bonchev–Trinajstić information content (AvgIpc) is 2.15. The number of alkyl halides is 1. The Kier molecular flexibility index (Phi) is 3.48. The molecule has 0 heterocycles. The molecule has 0 amide bonds. The van der Waals surface area contributed by atoms with Gasteiger partial charge in [0.2, 0.25) is 0 Å². The molecular formula is C10H7ClFN. The summed E-state index contributed by atoms with van der Waals surface area (Å²) >= 11 is 5.42. The standard InChI is InChI=1S/C10H7ClFN/c11-5-1-2-8-3-4-9(7-13)10(12)6-8/h1-4,6H,5H2. The maximum absolute atomic E-state index is 13.0. The highest BCUT2D eigenvalue weighted by molar-refractivity contribution is 6.19. The lowest BCUT2D eigenvalue weighted by Crippen LogP contribution is -1.83. The highest BCUT2D eigenvalue weighted by Gasteiger charge is 1.99. The van der Waals surface area contributed by atoms with Crippen molar-refractivity contribution in [2.45, 2.75) is 0 Å². The van der Waals surface area contributed by atoms with Crippen molar-refractivity contribution in [1.29, 1.82) is 5.26 Å². The third-order valence-corrected chi connectivity index (χ3v) is 1.69. The van der Waals surface area contributed by atoms with Gasteiger partial charge >= 0.3 is 0 Å². The van der Waals surface area contributed by atoms with Gasteiger partial charge in [0.1, 0.15) is 11.9 Å². The Morgan fingerprint density at radius 3 is 2.85 bits per heavy atom. The van der Waals surface area contributed by atoms with Crippen LogP contribution in [0.15, 0.2) is 24.3 Å². The molecule has 0 bridgehead atoms. The third-order valence-electron chi connectivity index (χ3n) is 1.51. The molecular weight excluding hydrogens is 189 g/mol. The van der Waals surface area contributed by atoms with Gasteiger partial charge in [-0.05, 0) is 17.7 Å². The fourth-order valence-electron chi connectivity index (χ4n) is 0.906. The van der Waals surface area contributed by atoms with Gasteiger partial charge in [0.05, 0.1) is 5.56 Å². The van der Waals surface area contributed by atoms with E-state index in [0.717, 1.165) is 0 Å². The van der Waals surface area contributed by atoms with E-state index in [1.807, 2.05) is 0 Å². The Bertz CT molecular complexity index is 366. The van der Waals surface area contributed by atoms with E-state index in [1.54, 1.807) is 24.3 Å². The molecule has 1 aromatic carbocycles. The number of hydrogen-bond acceptors (Lipinski definition) is 1. The first kappa shape index (κ1) is 9.76. The van der Waals surface area contributed by atoms with Gasteiger partial charge in [0, 0.05) is 5.88 Å². The molecule has 0 fully saturated rings. The van der Waals surface area contributed by atoms with Gasteiger partial charge in [-0.25, -0.2) is 4.39 Å². The van der Waals surface area contributed by atoms with E-state index in [-0.39, 0.29) is 5.56 Å². The number of nitrogens with zero attached hydrogens (tertiary/aromatic N) is 1. The van der Waals surface area contributed by atoms with E-state index in [0.29, 0.717) is 11.4 Å². The molecule has 1 rings (SSSR count). The lowest BCUT2D eigenvalue weighted by molar-refractivity contribution is 0.623. The summed E-state index contributed by atoms with van der Waals surface area (Å²) in [6.07, 6.45) is 3.42. The van der Waals surface area contributed by atoms with E-state index < -0.39 is 5.82 Å². The first-order valence-electron chi connectivity index (χ1n) is 3.70. The molecule has 0 saturated heterocycles. The summed E-state index contributed by atoms with van der Waals surface area (Å²) in [6.45, 7) is 0. The fourth-order valence-corrected chi connectivity index (χ4v) is 0.995. The van der Waals surface area contributed by atoms with Crippen molar-refractivity contribution in [3.63, 3.8) is 0 Å². The quantitative estimate of drug-likeness (QED) is 0.666. The van der Waals surface area contributed by atoms with Crippen LogP contribution in [-0.4, -0.2) is 5.88 Å². The van der Waals surface area contributed by atoms with Crippen molar-refractivity contribution in [2.24, 2.45) is 0 Å². The van der Waals surface area contributed by atoms with Crippen LogP contribution in [0.1, 0.15) is 11.1 Å². The largest absolute Gasteiger partial charge is 0.206 e. The Balaban J connectivity index is 2.97. The van der Waals surface area contributed by atoms with Crippen LogP contribution in [0.2, 0.25) is 0 Å². The average molecular weight is 196 g/mol. The normalized spacial score (nSPS) is 10.2. The van der Waals surface area contributed by atoms with E-state index in [1.165, 1.54) is 12.1 Å². The number of allylic oxidation sites excluding steroid dienone is 1. The van der Waals surface area contributed by atoms with Crippen LogP contribution in [0.5, 0.6) is 0 Å². The topological polar surface area (TPSA) is 23.8 Å². The molecule has 3 heteroatoms. The molecule has 13 heavy (non-hydrogen) atoms. The van der Waals surface area contributed by atoms with Gasteiger partial charge in [-0.1, -0.05) is 18.2 Å². The van der Waals surface area contributed by atoms with Crippen LogP contribution in [0, 0.1) is 17.1 Å². The summed E-state index contributed by atoms with van der Waals surface area (Å²) in [7, 11) is 0. The zero-order chi connectivity index (χ0) is 9.68. The van der Waals surface area contributed by atoms with Crippen molar-refractivity contribution in [3.05, 3.63) is 41.2 Å². The summed E-state index contributed by atoms with van der Waals surface area (Å²) in [5.41, 5.74) is 0.764. The second-order valence-electron chi connectivity index (χ2n) is 2.41. The second-order valence-corrected chi connectivity index (χ2v) is 2.72. The Morgan fingerprint density at radius 1 is 1.54 bits per heavy atom. The summed E-state index contributed by atoms with van der Waals surface area (Å²) in [4.78, 5) is 0. The minimum atomic E-state index is -0.501. The predicted octanol–water partition coefficient (Wildman–Crippen LogP) is 2.95. The third kappa shape index (κ3) is 2.57. The lowest BCUT2D eigenvalue weighted by atomic mass is 10.1. The summed E-state index contributed by atoms with van der Waals surface area (Å²) in [6, 6.07) is 6.18. The van der Waals surface area contributed by atoms with Crippen LogP contribution < -0.4 is 0 Å².